The monoisotopic (exact) mass is 755 g/mol. The van der Waals surface area contributed by atoms with E-state index in [1.165, 1.54) is 95.5 Å². The molecule has 1 nitrogen and oxygen atoms in total. The average molecular weight is 756 g/mol. The number of pyridine rings is 1. The van der Waals surface area contributed by atoms with Crippen molar-refractivity contribution in [3.63, 3.8) is 0 Å². The third-order valence-corrected chi connectivity index (χ3v) is 15.6. The Morgan fingerprint density at radius 2 is 0.741 bits per heavy atom. The number of benzene rings is 7. The lowest BCUT2D eigenvalue weighted by molar-refractivity contribution is 1.03. The summed E-state index contributed by atoms with van der Waals surface area (Å²) < 4.78 is 0. The highest BCUT2D eigenvalue weighted by molar-refractivity contribution is 8.02. The van der Waals surface area contributed by atoms with Gasteiger partial charge >= 0.3 is 0 Å². The van der Waals surface area contributed by atoms with Gasteiger partial charge in [0.1, 0.15) is 0 Å². The summed E-state index contributed by atoms with van der Waals surface area (Å²) in [5, 5.41) is 2.26. The lowest BCUT2D eigenvalue weighted by Crippen LogP contribution is -2.62. The Morgan fingerprint density at radius 3 is 1.30 bits per heavy atom. The normalized spacial score (nSPS) is 13.9. The van der Waals surface area contributed by atoms with Crippen LogP contribution in [-0.2, 0) is 0 Å². The molecule has 54 heavy (non-hydrogen) atoms. The van der Waals surface area contributed by atoms with Crippen molar-refractivity contribution in [2.45, 2.75) is 39.4 Å². The van der Waals surface area contributed by atoms with Gasteiger partial charge in [0.05, 0.1) is 10.1 Å². The lowest BCUT2D eigenvalue weighted by atomic mass is 9.33. The molecule has 250 valence electrons. The molecule has 8 aromatic rings. The van der Waals surface area contributed by atoms with Gasteiger partial charge in [0.15, 0.2) is 0 Å². The summed E-state index contributed by atoms with van der Waals surface area (Å²) in [5.41, 5.74) is 15.8. The van der Waals surface area contributed by atoms with Crippen LogP contribution in [0.4, 0.5) is 0 Å². The summed E-state index contributed by atoms with van der Waals surface area (Å²) in [6.45, 7) is 0.265. The van der Waals surface area contributed by atoms with Crippen LogP contribution >= 0.6 is 47.0 Å². The van der Waals surface area contributed by atoms with E-state index in [2.05, 4.69) is 164 Å². The number of fused-ring (bicyclic) bond motifs is 8. The van der Waals surface area contributed by atoms with Crippen molar-refractivity contribution in [2.75, 3.05) is 0 Å². The number of hydrogen-bond acceptors (Lipinski definition) is 5. The van der Waals surface area contributed by atoms with Gasteiger partial charge in [-0.25, -0.2) is 4.98 Å². The zero-order valence-electron chi connectivity index (χ0n) is 28.8. The van der Waals surface area contributed by atoms with Crippen LogP contribution in [0.1, 0.15) is 0 Å². The van der Waals surface area contributed by atoms with Crippen LogP contribution in [0.3, 0.4) is 0 Å². The maximum atomic E-state index is 5.68. The van der Waals surface area contributed by atoms with E-state index in [1.54, 1.807) is 0 Å². The minimum atomic E-state index is 0.124. The predicted octanol–water partition coefficient (Wildman–Crippen LogP) is 8.97. The third kappa shape index (κ3) is 4.85. The van der Waals surface area contributed by atoms with Gasteiger partial charge in [-0.05, 0) is 91.6 Å². The molecule has 1 aromatic heterocycles. The molecular weight excluding hydrogens is 728 g/mol. The lowest BCUT2D eigenvalue weighted by Gasteiger charge is -2.36. The first-order valence-electron chi connectivity index (χ1n) is 18.3. The Morgan fingerprint density at radius 1 is 0.315 bits per heavy atom. The first kappa shape index (κ1) is 31.6. The summed E-state index contributed by atoms with van der Waals surface area (Å²) >= 11 is 7.55. The van der Waals surface area contributed by atoms with Crippen molar-refractivity contribution < 1.29 is 0 Å². The van der Waals surface area contributed by atoms with E-state index in [4.69, 9.17) is 4.98 Å². The molecule has 4 aliphatic heterocycles. The van der Waals surface area contributed by atoms with Gasteiger partial charge in [-0.3, -0.25) is 0 Å². The van der Waals surface area contributed by atoms with E-state index in [-0.39, 0.29) is 13.4 Å². The molecule has 0 atom stereocenters. The minimum Gasteiger partial charge on any atom is -0.236 e. The number of nitrogens with zero attached hydrogens (tertiary/aromatic N) is 1. The predicted molar refractivity (Wildman–Crippen MR) is 232 cm³/mol. The van der Waals surface area contributed by atoms with Crippen molar-refractivity contribution in [1.82, 2.24) is 4.98 Å². The molecule has 0 fully saturated rings. The molecule has 7 aromatic carbocycles. The quantitative estimate of drug-likeness (QED) is 0.167. The molecule has 0 saturated heterocycles. The fourth-order valence-electron chi connectivity index (χ4n) is 8.78. The summed E-state index contributed by atoms with van der Waals surface area (Å²) in [7, 11) is 0. The topological polar surface area (TPSA) is 12.9 Å². The van der Waals surface area contributed by atoms with Gasteiger partial charge in [0.2, 0.25) is 13.4 Å². The minimum absolute atomic E-state index is 0.124. The second-order valence-corrected chi connectivity index (χ2v) is 18.4. The van der Waals surface area contributed by atoms with Crippen LogP contribution < -0.4 is 32.8 Å². The fourth-order valence-corrected chi connectivity index (χ4v) is 13.7. The second kappa shape index (κ2) is 12.4. The smallest absolute Gasteiger partial charge is 0.236 e. The van der Waals surface area contributed by atoms with Gasteiger partial charge in [-0.2, -0.15) is 0 Å². The van der Waals surface area contributed by atoms with E-state index in [9.17, 15) is 0 Å². The second-order valence-electron chi connectivity index (χ2n) is 14.2. The molecule has 0 N–H and O–H groups in total. The summed E-state index contributed by atoms with van der Waals surface area (Å²) in [4.78, 5) is 13.7. The van der Waals surface area contributed by atoms with Crippen LogP contribution in [0.5, 0.6) is 0 Å². The van der Waals surface area contributed by atoms with Crippen LogP contribution in [-0.4, -0.2) is 18.4 Å². The van der Waals surface area contributed by atoms with E-state index < -0.39 is 0 Å². The third-order valence-electron chi connectivity index (χ3n) is 11.2. The summed E-state index contributed by atoms with van der Waals surface area (Å²) in [5.74, 6) is 0. The summed E-state index contributed by atoms with van der Waals surface area (Å²) in [6.07, 6.45) is 0. The van der Waals surface area contributed by atoms with Crippen molar-refractivity contribution >= 4 is 93.2 Å². The van der Waals surface area contributed by atoms with Gasteiger partial charge in [0.25, 0.3) is 0 Å². The van der Waals surface area contributed by atoms with E-state index in [1.807, 2.05) is 47.0 Å². The highest BCUT2D eigenvalue weighted by Gasteiger charge is 2.44. The highest BCUT2D eigenvalue weighted by Crippen LogP contribution is 2.45. The summed E-state index contributed by atoms with van der Waals surface area (Å²) in [6, 6.07) is 60.8. The Balaban J connectivity index is 1.06. The van der Waals surface area contributed by atoms with Gasteiger partial charge < -0.3 is 0 Å². The Bertz CT molecular complexity index is 2860. The molecule has 0 aliphatic carbocycles. The molecule has 0 radical (unpaired) electrons. The first-order valence-corrected chi connectivity index (χ1v) is 21.5. The zero-order valence-corrected chi connectivity index (χ0v) is 32.1. The molecule has 0 amide bonds. The Kier molecular flexibility index (Phi) is 7.23. The molecule has 0 saturated carbocycles. The zero-order chi connectivity index (χ0) is 35.3. The SMILES string of the molecule is c1ccc(-c2cc3c4c(c2)Sc2nc5c(cc2B4c2ccccc2S3)B2c3ccccc3Sc3cc(-c4ccccc4-c4ccccc4)cc(c32)S5)cc1. The largest absolute Gasteiger partial charge is 0.249 e. The van der Waals surface area contributed by atoms with Crippen LogP contribution in [0.2, 0.25) is 0 Å². The van der Waals surface area contributed by atoms with Crippen LogP contribution in [0.15, 0.2) is 203 Å². The van der Waals surface area contributed by atoms with Crippen LogP contribution in [0, 0.1) is 0 Å². The average Bonchev–Trinajstić information content (AvgIpc) is 3.23. The molecule has 0 spiro atoms. The number of aromatic nitrogens is 1. The molecular formula is C47H27B2NS4. The fraction of sp³-hybridized carbons (Fsp3) is 0. The van der Waals surface area contributed by atoms with Crippen molar-refractivity contribution in [3.05, 3.63) is 164 Å². The molecule has 12 rings (SSSR count). The van der Waals surface area contributed by atoms with Crippen molar-refractivity contribution in [2.24, 2.45) is 0 Å². The molecule has 4 aliphatic rings. The molecule has 5 heterocycles. The van der Waals surface area contributed by atoms with Crippen molar-refractivity contribution in [1.29, 1.82) is 0 Å². The van der Waals surface area contributed by atoms with Gasteiger partial charge in [-0.1, -0.05) is 185 Å². The molecule has 0 bridgehead atoms. The number of rotatable bonds is 3. The maximum Gasteiger partial charge on any atom is 0.249 e. The Hall–Kier alpha value is -4.78. The standard InChI is InChI=1S/C47H27B2NS4/c1-3-13-28(14-4-1)30-23-40-44-42(24-30)53-46-36(48(44)34-19-9-11-21-38(34)51-40)27-37-47(50-46)54-43-26-31(33-18-8-7-17-32(33)29-15-5-2-6-16-29)25-41-45(43)49(37)35-20-10-12-22-39(35)52-41/h1-27H. The van der Waals surface area contributed by atoms with Crippen LogP contribution in [0.25, 0.3) is 33.4 Å². The van der Waals surface area contributed by atoms with Gasteiger partial charge in [0, 0.05) is 29.4 Å². The highest BCUT2D eigenvalue weighted by atomic mass is 32.2. The van der Waals surface area contributed by atoms with Gasteiger partial charge in [-0.15, -0.1) is 0 Å². The maximum absolute atomic E-state index is 5.68. The first-order chi connectivity index (χ1) is 26.7. The molecule has 7 heteroatoms. The van der Waals surface area contributed by atoms with E-state index >= 15 is 0 Å². The number of hydrogen-bond donors (Lipinski definition) is 0. The molecule has 0 unspecified atom stereocenters. The van der Waals surface area contributed by atoms with E-state index in [0.717, 1.165) is 10.1 Å². The van der Waals surface area contributed by atoms with E-state index in [0.29, 0.717) is 0 Å². The Labute approximate surface area is 332 Å². The van der Waals surface area contributed by atoms with Crippen molar-refractivity contribution in [3.8, 4) is 33.4 Å².